The third-order valence-corrected chi connectivity index (χ3v) is 6.63. The van der Waals surface area contributed by atoms with Crippen LogP contribution < -0.4 is 4.72 Å². The minimum atomic E-state index is -3.42. The van der Waals surface area contributed by atoms with Crippen LogP contribution in [0, 0.1) is 0 Å². The number of hydrogen-bond acceptors (Lipinski definition) is 4. The van der Waals surface area contributed by atoms with E-state index in [0.717, 1.165) is 49.3 Å². The summed E-state index contributed by atoms with van der Waals surface area (Å²) in [6, 6.07) is 9.77. The highest BCUT2D eigenvalue weighted by atomic mass is 32.2. The van der Waals surface area contributed by atoms with Gasteiger partial charge in [-0.3, -0.25) is 0 Å². The molecule has 2 aliphatic rings. The van der Waals surface area contributed by atoms with Gasteiger partial charge in [0.05, 0.1) is 0 Å². The topological polar surface area (TPSA) is 80.1 Å². The van der Waals surface area contributed by atoms with Gasteiger partial charge in [-0.05, 0) is 19.3 Å². The van der Waals surface area contributed by atoms with Crippen molar-refractivity contribution < 1.29 is 8.42 Å². The first-order valence-corrected chi connectivity index (χ1v) is 10.3. The molecular weight excluding hydrogens is 338 g/mol. The lowest BCUT2D eigenvalue weighted by Gasteiger charge is -2.30. The van der Waals surface area contributed by atoms with Crippen LogP contribution in [0.5, 0.6) is 0 Å². The van der Waals surface area contributed by atoms with Crippen LogP contribution in [0.15, 0.2) is 30.3 Å². The maximum absolute atomic E-state index is 12.6. The van der Waals surface area contributed by atoms with Crippen molar-refractivity contribution in [3.8, 4) is 11.4 Å². The first-order chi connectivity index (χ1) is 12.1. The molecule has 1 atom stereocenters. The predicted octanol–water partition coefficient (Wildman–Crippen LogP) is 1.58. The molecule has 0 aliphatic carbocycles. The van der Waals surface area contributed by atoms with Crippen molar-refractivity contribution in [3.05, 3.63) is 36.2 Å². The van der Waals surface area contributed by atoms with Crippen LogP contribution in [0.4, 0.5) is 0 Å². The summed E-state index contributed by atoms with van der Waals surface area (Å²) >= 11 is 0. The van der Waals surface area contributed by atoms with E-state index in [1.54, 1.807) is 4.31 Å². The number of nitrogens with zero attached hydrogens (tertiary/aromatic N) is 4. The number of aryl methyl sites for hydroxylation is 1. The van der Waals surface area contributed by atoms with Gasteiger partial charge in [0.15, 0.2) is 5.82 Å². The molecule has 1 saturated heterocycles. The van der Waals surface area contributed by atoms with Crippen molar-refractivity contribution in [3.63, 3.8) is 0 Å². The summed E-state index contributed by atoms with van der Waals surface area (Å²) in [6.45, 7) is 1.81. The van der Waals surface area contributed by atoms with Crippen molar-refractivity contribution >= 4 is 10.2 Å². The van der Waals surface area contributed by atoms with Crippen molar-refractivity contribution in [2.24, 2.45) is 0 Å². The number of piperidine rings is 1. The largest absolute Gasteiger partial charge is 0.309 e. The number of nitrogens with one attached hydrogen (secondary N) is 1. The second-order valence-corrected chi connectivity index (χ2v) is 8.44. The molecule has 7 nitrogen and oxygen atoms in total. The molecule has 4 rings (SSSR count). The molecule has 0 amide bonds. The summed E-state index contributed by atoms with van der Waals surface area (Å²) in [6.07, 6.45) is 4.48. The van der Waals surface area contributed by atoms with E-state index in [-0.39, 0.29) is 6.04 Å². The van der Waals surface area contributed by atoms with E-state index in [4.69, 9.17) is 0 Å². The second kappa shape index (κ2) is 6.86. The summed E-state index contributed by atoms with van der Waals surface area (Å²) in [5.74, 6) is 1.73. The van der Waals surface area contributed by atoms with E-state index >= 15 is 0 Å². The Balaban J connectivity index is 1.52. The van der Waals surface area contributed by atoms with Crippen LogP contribution >= 0.6 is 0 Å². The van der Waals surface area contributed by atoms with E-state index in [9.17, 15) is 8.42 Å². The normalized spacial score (nSPS) is 21.8. The number of rotatable bonds is 4. The first kappa shape index (κ1) is 16.7. The Morgan fingerprint density at radius 2 is 1.80 bits per heavy atom. The first-order valence-electron chi connectivity index (χ1n) is 8.88. The molecule has 1 aromatic carbocycles. The van der Waals surface area contributed by atoms with Gasteiger partial charge < -0.3 is 4.57 Å². The van der Waals surface area contributed by atoms with Gasteiger partial charge in [0, 0.05) is 37.7 Å². The highest BCUT2D eigenvalue weighted by Gasteiger charge is 2.30. The van der Waals surface area contributed by atoms with Gasteiger partial charge in [-0.15, -0.1) is 10.2 Å². The minimum Gasteiger partial charge on any atom is -0.309 e. The molecule has 0 saturated carbocycles. The van der Waals surface area contributed by atoms with E-state index < -0.39 is 10.2 Å². The highest BCUT2D eigenvalue weighted by molar-refractivity contribution is 7.87. The lowest BCUT2D eigenvalue weighted by Crippen LogP contribution is -2.49. The molecule has 0 radical (unpaired) electrons. The van der Waals surface area contributed by atoms with E-state index in [1.165, 1.54) is 0 Å². The molecule has 2 aliphatic heterocycles. The average Bonchev–Trinajstić information content (AvgIpc) is 3.06. The van der Waals surface area contributed by atoms with Crippen molar-refractivity contribution in [1.82, 2.24) is 23.8 Å². The van der Waals surface area contributed by atoms with Crippen molar-refractivity contribution in [2.75, 3.05) is 13.1 Å². The highest BCUT2D eigenvalue weighted by Crippen LogP contribution is 2.23. The maximum Gasteiger partial charge on any atom is 0.279 e. The van der Waals surface area contributed by atoms with Gasteiger partial charge in [0.25, 0.3) is 10.2 Å². The van der Waals surface area contributed by atoms with Gasteiger partial charge >= 0.3 is 0 Å². The van der Waals surface area contributed by atoms with Gasteiger partial charge in [-0.1, -0.05) is 36.8 Å². The van der Waals surface area contributed by atoms with Crippen LogP contribution in [0.25, 0.3) is 11.4 Å². The molecule has 134 valence electrons. The fourth-order valence-corrected chi connectivity index (χ4v) is 5.12. The third kappa shape index (κ3) is 3.47. The number of aromatic nitrogens is 3. The molecule has 0 unspecified atom stereocenters. The van der Waals surface area contributed by atoms with Crippen LogP contribution in [0.2, 0.25) is 0 Å². The van der Waals surface area contributed by atoms with Crippen LogP contribution in [0.3, 0.4) is 0 Å². The van der Waals surface area contributed by atoms with Gasteiger partial charge in [0.2, 0.25) is 0 Å². The van der Waals surface area contributed by atoms with Crippen molar-refractivity contribution in [2.45, 2.75) is 44.7 Å². The fraction of sp³-hybridized carbons (Fsp3) is 0.529. The smallest absolute Gasteiger partial charge is 0.279 e. The van der Waals surface area contributed by atoms with Gasteiger partial charge in [-0.2, -0.15) is 17.4 Å². The summed E-state index contributed by atoms with van der Waals surface area (Å²) in [5, 5.41) is 8.59. The zero-order valence-electron chi connectivity index (χ0n) is 14.1. The molecule has 0 bridgehead atoms. The molecule has 3 heterocycles. The molecule has 25 heavy (non-hydrogen) atoms. The summed E-state index contributed by atoms with van der Waals surface area (Å²) in [5.41, 5.74) is 1.00. The quantitative estimate of drug-likeness (QED) is 0.897. The lowest BCUT2D eigenvalue weighted by molar-refractivity contribution is 0.331. The lowest BCUT2D eigenvalue weighted by atomic mass is 10.1. The molecule has 1 aromatic heterocycles. The second-order valence-electron chi connectivity index (χ2n) is 6.73. The standard InChI is InChI=1S/C17H23N5O2S/c23-25(24,21-11-5-2-6-12-21)20-15-9-10-16-18-19-17(22(16)13-15)14-7-3-1-4-8-14/h1,3-4,7-8,15,20H,2,5-6,9-13H2/t15-/m0/s1. The zero-order chi connectivity index (χ0) is 17.3. The molecule has 1 N–H and O–H groups in total. The summed E-state index contributed by atoms with van der Waals surface area (Å²) in [7, 11) is -3.42. The number of benzene rings is 1. The van der Waals surface area contributed by atoms with E-state index in [1.807, 2.05) is 34.9 Å². The van der Waals surface area contributed by atoms with E-state index in [0.29, 0.717) is 19.6 Å². The Hall–Kier alpha value is -1.77. The monoisotopic (exact) mass is 361 g/mol. The van der Waals surface area contributed by atoms with Gasteiger partial charge in [-0.25, -0.2) is 0 Å². The molecule has 8 heteroatoms. The maximum atomic E-state index is 12.6. The van der Waals surface area contributed by atoms with Crippen LogP contribution in [0.1, 0.15) is 31.5 Å². The molecule has 1 fully saturated rings. The van der Waals surface area contributed by atoms with Crippen LogP contribution in [-0.4, -0.2) is 46.6 Å². The van der Waals surface area contributed by atoms with Crippen LogP contribution in [-0.2, 0) is 23.2 Å². The zero-order valence-corrected chi connectivity index (χ0v) is 15.0. The van der Waals surface area contributed by atoms with Gasteiger partial charge in [0.1, 0.15) is 5.82 Å². The summed E-state index contributed by atoms with van der Waals surface area (Å²) in [4.78, 5) is 0. The predicted molar refractivity (Wildman–Crippen MR) is 95.0 cm³/mol. The minimum absolute atomic E-state index is 0.127. The Bertz CT molecular complexity index is 828. The number of hydrogen-bond donors (Lipinski definition) is 1. The average molecular weight is 361 g/mol. The Morgan fingerprint density at radius 3 is 2.56 bits per heavy atom. The Morgan fingerprint density at radius 1 is 1.04 bits per heavy atom. The Labute approximate surface area is 148 Å². The molecular formula is C17H23N5O2S. The third-order valence-electron chi connectivity index (χ3n) is 4.95. The Kier molecular flexibility index (Phi) is 4.58. The molecule has 0 spiro atoms. The fourth-order valence-electron chi connectivity index (χ4n) is 3.61. The number of fused-ring (bicyclic) bond motifs is 1. The van der Waals surface area contributed by atoms with E-state index in [2.05, 4.69) is 14.9 Å². The van der Waals surface area contributed by atoms with Crippen molar-refractivity contribution in [1.29, 1.82) is 0 Å². The molecule has 2 aromatic rings. The summed E-state index contributed by atoms with van der Waals surface area (Å²) < 4.78 is 31.8. The SMILES string of the molecule is O=S(=O)(N[C@H]1CCc2nnc(-c3ccccc3)n2C1)N1CCCCC1.